The normalized spacial score (nSPS) is 18.0. The van der Waals surface area contributed by atoms with Crippen LogP contribution in [0.15, 0.2) is 58.2 Å². The summed E-state index contributed by atoms with van der Waals surface area (Å²) in [5, 5.41) is 0.269. The van der Waals surface area contributed by atoms with E-state index in [4.69, 9.17) is 11.6 Å². The molecule has 1 unspecified atom stereocenters. The van der Waals surface area contributed by atoms with E-state index >= 15 is 0 Å². The number of fused-ring (bicyclic) bond motifs is 3. The number of halogens is 2. The number of aryl methyl sites for hydroxylation is 1. The molecule has 0 N–H and O–H groups in total. The van der Waals surface area contributed by atoms with Crippen LogP contribution in [0.1, 0.15) is 58.2 Å². The van der Waals surface area contributed by atoms with E-state index in [0.29, 0.717) is 35.8 Å². The molecule has 0 radical (unpaired) electrons. The van der Waals surface area contributed by atoms with E-state index in [2.05, 4.69) is 0 Å². The van der Waals surface area contributed by atoms with Crippen LogP contribution in [-0.2, 0) is 6.42 Å². The van der Waals surface area contributed by atoms with Gasteiger partial charge in [0.25, 0.3) is 5.91 Å². The van der Waals surface area contributed by atoms with Crippen molar-refractivity contribution in [1.82, 2.24) is 9.47 Å². The fourth-order valence-electron chi connectivity index (χ4n) is 5.03. The van der Waals surface area contributed by atoms with Crippen LogP contribution in [0.25, 0.3) is 5.69 Å². The average molecular weight is 497 g/mol. The Bertz CT molecular complexity index is 1310. The molecule has 2 aliphatic rings. The third-order valence-electron chi connectivity index (χ3n) is 6.67. The van der Waals surface area contributed by atoms with Crippen molar-refractivity contribution in [1.29, 1.82) is 0 Å². The van der Waals surface area contributed by atoms with Gasteiger partial charge in [0.2, 0.25) is 0 Å². The smallest absolute Gasteiger partial charge is 0.259 e. The maximum absolute atomic E-state index is 14.9. The molecule has 0 bridgehead atoms. The summed E-state index contributed by atoms with van der Waals surface area (Å²) >= 11 is 7.86. The lowest BCUT2D eigenvalue weighted by Gasteiger charge is -2.24. The number of nitrogens with zero attached hydrogens (tertiary/aromatic N) is 2. The highest BCUT2D eigenvalue weighted by molar-refractivity contribution is 7.99. The summed E-state index contributed by atoms with van der Waals surface area (Å²) in [7, 11) is 0. The van der Waals surface area contributed by atoms with E-state index in [9.17, 15) is 14.0 Å². The van der Waals surface area contributed by atoms with E-state index in [0.717, 1.165) is 42.0 Å². The van der Waals surface area contributed by atoms with Crippen LogP contribution in [0.3, 0.4) is 0 Å². The number of pyridine rings is 1. The number of aromatic nitrogens is 1. The second-order valence-electron chi connectivity index (χ2n) is 8.96. The number of hydrogen-bond acceptors (Lipinski definition) is 3. The van der Waals surface area contributed by atoms with Crippen molar-refractivity contribution >= 4 is 29.3 Å². The number of thioether (sulfide) groups is 1. The first-order valence-electron chi connectivity index (χ1n) is 11.7. The molecule has 5 rings (SSSR count). The number of hydrogen-bond donors (Lipinski definition) is 0. The average Bonchev–Trinajstić information content (AvgIpc) is 3.17. The number of amides is 1. The largest absolute Gasteiger partial charge is 0.338 e. The van der Waals surface area contributed by atoms with E-state index in [-0.39, 0.29) is 28.0 Å². The summed E-state index contributed by atoms with van der Waals surface area (Å²) in [6.07, 6.45) is 4.42. The number of likely N-dealkylation sites (tertiary alicyclic amines) is 1. The molecule has 3 aromatic rings. The lowest BCUT2D eigenvalue weighted by molar-refractivity contribution is 0.0758. The number of rotatable bonds is 2. The zero-order chi connectivity index (χ0) is 23.8. The van der Waals surface area contributed by atoms with Gasteiger partial charge < -0.3 is 9.47 Å². The maximum Gasteiger partial charge on any atom is 0.259 e. The molecule has 2 aliphatic heterocycles. The molecule has 34 heavy (non-hydrogen) atoms. The Hall–Kier alpha value is -2.57. The number of carbonyl (C=O) groups is 1. The molecule has 1 atom stereocenters. The predicted octanol–water partition coefficient (Wildman–Crippen LogP) is 6.34. The molecule has 0 saturated carbocycles. The predicted molar refractivity (Wildman–Crippen MR) is 135 cm³/mol. The minimum absolute atomic E-state index is 0.206. The quantitative estimate of drug-likeness (QED) is 0.415. The molecule has 7 heteroatoms. The van der Waals surface area contributed by atoms with Gasteiger partial charge in [-0.3, -0.25) is 9.59 Å². The van der Waals surface area contributed by atoms with Gasteiger partial charge in [-0.2, -0.15) is 0 Å². The van der Waals surface area contributed by atoms with Crippen molar-refractivity contribution in [3.05, 3.63) is 92.1 Å². The van der Waals surface area contributed by atoms with Crippen LogP contribution in [0, 0.1) is 12.7 Å². The third kappa shape index (κ3) is 4.29. The van der Waals surface area contributed by atoms with Gasteiger partial charge in [0.1, 0.15) is 11.4 Å². The summed E-state index contributed by atoms with van der Waals surface area (Å²) in [4.78, 5) is 29.8. The minimum atomic E-state index is -0.316. The molecule has 0 spiro atoms. The van der Waals surface area contributed by atoms with Gasteiger partial charge in [0.15, 0.2) is 5.43 Å². The first-order chi connectivity index (χ1) is 16.4. The Kier molecular flexibility index (Phi) is 6.54. The van der Waals surface area contributed by atoms with Crippen LogP contribution in [0.4, 0.5) is 4.39 Å². The highest BCUT2D eigenvalue weighted by Gasteiger charge is 2.32. The summed E-state index contributed by atoms with van der Waals surface area (Å²) in [6.45, 7) is 3.18. The van der Waals surface area contributed by atoms with E-state index in [1.165, 1.54) is 17.8 Å². The first-order valence-corrected chi connectivity index (χ1v) is 13.0. The van der Waals surface area contributed by atoms with Gasteiger partial charge in [-0.15, -0.1) is 11.8 Å². The zero-order valence-electron chi connectivity index (χ0n) is 19.0. The van der Waals surface area contributed by atoms with Crippen molar-refractivity contribution in [3.63, 3.8) is 0 Å². The molecule has 176 valence electrons. The van der Waals surface area contributed by atoms with Gasteiger partial charge >= 0.3 is 0 Å². The molecule has 3 heterocycles. The lowest BCUT2D eigenvalue weighted by atomic mass is 10.0. The summed E-state index contributed by atoms with van der Waals surface area (Å²) in [6, 6.07) is 13.8. The Morgan fingerprint density at radius 3 is 2.53 bits per heavy atom. The van der Waals surface area contributed by atoms with Crippen LogP contribution < -0.4 is 5.43 Å². The molecule has 1 amide bonds. The van der Waals surface area contributed by atoms with Crippen LogP contribution in [0.2, 0.25) is 5.02 Å². The fraction of sp³-hybridized carbons (Fsp3) is 0.333. The minimum Gasteiger partial charge on any atom is -0.338 e. The van der Waals surface area contributed by atoms with Crippen molar-refractivity contribution in [3.8, 4) is 5.69 Å². The third-order valence-corrected chi connectivity index (χ3v) is 8.19. The second-order valence-corrected chi connectivity index (χ2v) is 10.6. The van der Waals surface area contributed by atoms with E-state index in [1.807, 2.05) is 40.7 Å². The second kappa shape index (κ2) is 9.59. The van der Waals surface area contributed by atoms with E-state index < -0.39 is 0 Å². The Morgan fingerprint density at radius 2 is 1.79 bits per heavy atom. The summed E-state index contributed by atoms with van der Waals surface area (Å²) < 4.78 is 16.9. The van der Waals surface area contributed by atoms with Crippen molar-refractivity contribution < 1.29 is 9.18 Å². The molecular formula is C27H26ClFN2O2S. The highest BCUT2D eigenvalue weighted by atomic mass is 35.5. The number of carbonyl (C=O) groups excluding carboxylic acids is 1. The Morgan fingerprint density at radius 1 is 1.06 bits per heavy atom. The SMILES string of the molecule is Cc1cc(=O)c(C(=O)N2CCCCCC2)c2n1-c1ccc(Cl)cc1SC(c1ccccc1F)C2. The lowest BCUT2D eigenvalue weighted by Crippen LogP contribution is -2.37. The standard InChI is InChI=1S/C27H26ClFN2O2S/c1-17-14-23(32)26(27(33)30-12-6-2-3-7-13-30)22-16-24(19-8-4-5-9-20(19)29)34-25-15-18(28)10-11-21(25)31(17)22/h4-5,8-11,14-15,24H,2-3,6-7,12-13,16H2,1H3. The van der Waals surface area contributed by atoms with Crippen molar-refractivity contribution in [2.24, 2.45) is 0 Å². The van der Waals surface area contributed by atoms with Crippen molar-refractivity contribution in [2.75, 3.05) is 13.1 Å². The summed E-state index contributed by atoms with van der Waals surface area (Å²) in [5.41, 5.74) is 2.72. The van der Waals surface area contributed by atoms with Gasteiger partial charge in [-0.1, -0.05) is 42.6 Å². The van der Waals surface area contributed by atoms with Gasteiger partial charge in [-0.25, -0.2) is 4.39 Å². The molecule has 0 aliphatic carbocycles. The molecule has 1 saturated heterocycles. The summed E-state index contributed by atoms with van der Waals surface area (Å²) in [5.74, 6) is -0.516. The topological polar surface area (TPSA) is 42.3 Å². The molecular weight excluding hydrogens is 471 g/mol. The number of benzene rings is 2. The van der Waals surface area contributed by atoms with Gasteiger partial charge in [0, 0.05) is 57.7 Å². The van der Waals surface area contributed by atoms with Gasteiger partial charge in [0.05, 0.1) is 5.69 Å². The maximum atomic E-state index is 14.9. The monoisotopic (exact) mass is 496 g/mol. The van der Waals surface area contributed by atoms with Crippen LogP contribution >= 0.6 is 23.4 Å². The van der Waals surface area contributed by atoms with Crippen molar-refractivity contribution in [2.45, 2.75) is 49.2 Å². The zero-order valence-corrected chi connectivity index (χ0v) is 20.6. The molecule has 2 aromatic carbocycles. The highest BCUT2D eigenvalue weighted by Crippen LogP contribution is 2.45. The molecule has 1 aromatic heterocycles. The Balaban J connectivity index is 1.73. The fourth-order valence-corrected chi connectivity index (χ4v) is 6.61. The molecule has 1 fully saturated rings. The van der Waals surface area contributed by atoms with E-state index in [1.54, 1.807) is 18.2 Å². The molecule has 4 nitrogen and oxygen atoms in total. The first kappa shape index (κ1) is 23.2. The van der Waals surface area contributed by atoms with Crippen LogP contribution in [-0.4, -0.2) is 28.5 Å². The van der Waals surface area contributed by atoms with Crippen LogP contribution in [0.5, 0.6) is 0 Å². The Labute approximate surface area is 207 Å². The van der Waals surface area contributed by atoms with Gasteiger partial charge in [-0.05, 0) is 44.0 Å².